The molecule has 0 spiro atoms. The van der Waals surface area contributed by atoms with Crippen LogP contribution in [0.3, 0.4) is 0 Å². The van der Waals surface area contributed by atoms with Gasteiger partial charge in [-0.25, -0.2) is 4.98 Å². The van der Waals surface area contributed by atoms with E-state index in [4.69, 9.17) is 0 Å². The molecular formula is C9H6Br2N2. The number of imidazole rings is 1. The van der Waals surface area contributed by atoms with Gasteiger partial charge in [-0.15, -0.1) is 0 Å². The van der Waals surface area contributed by atoms with Crippen molar-refractivity contribution in [3.05, 3.63) is 39.7 Å². The normalized spacial score (nSPS) is 10.3. The molecule has 0 aliphatic carbocycles. The molecule has 0 aliphatic heterocycles. The van der Waals surface area contributed by atoms with Crippen LogP contribution in [0.5, 0.6) is 0 Å². The molecule has 13 heavy (non-hydrogen) atoms. The van der Waals surface area contributed by atoms with Gasteiger partial charge in [-0.2, -0.15) is 0 Å². The Kier molecular flexibility index (Phi) is 2.51. The topological polar surface area (TPSA) is 28.7 Å². The Hall–Kier alpha value is -0.610. The zero-order valence-electron chi connectivity index (χ0n) is 6.59. The maximum atomic E-state index is 4.07. The van der Waals surface area contributed by atoms with E-state index >= 15 is 0 Å². The number of halogens is 2. The quantitative estimate of drug-likeness (QED) is 0.856. The van der Waals surface area contributed by atoms with Crippen LogP contribution in [0.25, 0.3) is 11.3 Å². The first-order chi connectivity index (χ1) is 6.27. The van der Waals surface area contributed by atoms with Gasteiger partial charge in [-0.05, 0) is 22.0 Å². The van der Waals surface area contributed by atoms with Crippen LogP contribution in [-0.2, 0) is 0 Å². The summed E-state index contributed by atoms with van der Waals surface area (Å²) in [6.45, 7) is 0. The number of hydrogen-bond donors (Lipinski definition) is 1. The highest BCUT2D eigenvalue weighted by Gasteiger charge is 2.03. The zero-order valence-corrected chi connectivity index (χ0v) is 9.76. The molecule has 2 nitrogen and oxygen atoms in total. The molecule has 0 bridgehead atoms. The van der Waals surface area contributed by atoms with Crippen LogP contribution in [0.1, 0.15) is 0 Å². The lowest BCUT2D eigenvalue weighted by molar-refractivity contribution is 1.24. The maximum absolute atomic E-state index is 4.07. The third kappa shape index (κ3) is 1.84. The fraction of sp³-hybridized carbons (Fsp3) is 0. The molecule has 0 atom stereocenters. The first kappa shape index (κ1) is 8.97. The third-order valence-corrected chi connectivity index (χ3v) is 2.80. The average Bonchev–Trinajstić information content (AvgIpc) is 2.53. The van der Waals surface area contributed by atoms with Crippen LogP contribution in [0.2, 0.25) is 0 Å². The number of benzene rings is 1. The molecule has 2 aromatic rings. The van der Waals surface area contributed by atoms with E-state index in [9.17, 15) is 0 Å². The molecule has 0 saturated carbocycles. The molecule has 1 aromatic carbocycles. The number of H-pyrrole nitrogens is 1. The van der Waals surface area contributed by atoms with Crippen LogP contribution in [0.4, 0.5) is 0 Å². The van der Waals surface area contributed by atoms with Gasteiger partial charge in [0.25, 0.3) is 0 Å². The first-order valence-electron chi connectivity index (χ1n) is 3.73. The standard InChI is InChI=1S/C9H6Br2N2/c10-7-4-2-1-3-6(7)8-5-12-9(11)13-8/h1-5H,(H,12,13). The Balaban J connectivity index is 2.52. The second kappa shape index (κ2) is 3.64. The molecular weight excluding hydrogens is 296 g/mol. The molecule has 1 aromatic heterocycles. The van der Waals surface area contributed by atoms with E-state index in [1.807, 2.05) is 24.3 Å². The number of aromatic nitrogens is 2. The molecule has 0 aliphatic rings. The fourth-order valence-electron chi connectivity index (χ4n) is 1.11. The van der Waals surface area contributed by atoms with E-state index in [1.165, 1.54) is 0 Å². The summed E-state index contributed by atoms with van der Waals surface area (Å²) in [6.07, 6.45) is 1.80. The highest BCUT2D eigenvalue weighted by Crippen LogP contribution is 2.26. The van der Waals surface area contributed by atoms with E-state index in [0.717, 1.165) is 20.5 Å². The second-order valence-electron chi connectivity index (χ2n) is 2.57. The van der Waals surface area contributed by atoms with Crippen molar-refractivity contribution in [1.29, 1.82) is 0 Å². The van der Waals surface area contributed by atoms with Crippen molar-refractivity contribution < 1.29 is 0 Å². The monoisotopic (exact) mass is 300 g/mol. The van der Waals surface area contributed by atoms with E-state index in [-0.39, 0.29) is 0 Å². The highest BCUT2D eigenvalue weighted by molar-refractivity contribution is 9.10. The van der Waals surface area contributed by atoms with E-state index in [2.05, 4.69) is 41.8 Å². The molecule has 1 heterocycles. The van der Waals surface area contributed by atoms with Gasteiger partial charge >= 0.3 is 0 Å². The highest BCUT2D eigenvalue weighted by atomic mass is 79.9. The minimum Gasteiger partial charge on any atom is -0.332 e. The summed E-state index contributed by atoms with van der Waals surface area (Å²) in [5.41, 5.74) is 2.11. The lowest BCUT2D eigenvalue weighted by Gasteiger charge is -1.99. The average molecular weight is 302 g/mol. The Morgan fingerprint density at radius 3 is 2.54 bits per heavy atom. The van der Waals surface area contributed by atoms with Crippen LogP contribution in [-0.4, -0.2) is 9.97 Å². The van der Waals surface area contributed by atoms with Crippen molar-refractivity contribution in [2.24, 2.45) is 0 Å². The zero-order chi connectivity index (χ0) is 9.26. The number of nitrogens with one attached hydrogen (secondary N) is 1. The Morgan fingerprint density at radius 1 is 1.15 bits per heavy atom. The van der Waals surface area contributed by atoms with Gasteiger partial charge in [-0.1, -0.05) is 34.1 Å². The van der Waals surface area contributed by atoms with Crippen molar-refractivity contribution >= 4 is 31.9 Å². The van der Waals surface area contributed by atoms with Gasteiger partial charge in [0.05, 0.1) is 11.9 Å². The minimum atomic E-state index is 0.748. The van der Waals surface area contributed by atoms with Gasteiger partial charge in [-0.3, -0.25) is 0 Å². The van der Waals surface area contributed by atoms with Gasteiger partial charge < -0.3 is 4.98 Å². The summed E-state index contributed by atoms with van der Waals surface area (Å²) in [7, 11) is 0. The summed E-state index contributed by atoms with van der Waals surface area (Å²) in [5, 5.41) is 0. The van der Waals surface area contributed by atoms with Gasteiger partial charge in [0.2, 0.25) is 0 Å². The molecule has 66 valence electrons. The molecule has 0 radical (unpaired) electrons. The van der Waals surface area contributed by atoms with Crippen molar-refractivity contribution in [3.63, 3.8) is 0 Å². The number of rotatable bonds is 1. The predicted octanol–water partition coefficient (Wildman–Crippen LogP) is 3.60. The van der Waals surface area contributed by atoms with Crippen LogP contribution in [0, 0.1) is 0 Å². The second-order valence-corrected chi connectivity index (χ2v) is 4.17. The molecule has 0 amide bonds. The van der Waals surface area contributed by atoms with Crippen LogP contribution in [0.15, 0.2) is 39.7 Å². The minimum absolute atomic E-state index is 0.748. The van der Waals surface area contributed by atoms with E-state index in [0.29, 0.717) is 0 Å². The molecule has 0 fully saturated rings. The summed E-state index contributed by atoms with van der Waals surface area (Å²) in [5.74, 6) is 0. The summed E-state index contributed by atoms with van der Waals surface area (Å²) in [4.78, 5) is 7.18. The van der Waals surface area contributed by atoms with E-state index in [1.54, 1.807) is 6.20 Å². The number of nitrogens with zero attached hydrogens (tertiary/aromatic N) is 1. The third-order valence-electron chi connectivity index (χ3n) is 1.71. The van der Waals surface area contributed by atoms with Crippen molar-refractivity contribution in [2.45, 2.75) is 0 Å². The molecule has 1 N–H and O–H groups in total. The lowest BCUT2D eigenvalue weighted by atomic mass is 10.2. The number of hydrogen-bond acceptors (Lipinski definition) is 1. The van der Waals surface area contributed by atoms with Gasteiger partial charge in [0.1, 0.15) is 0 Å². The fourth-order valence-corrected chi connectivity index (χ4v) is 1.93. The Bertz CT molecular complexity index is 423. The van der Waals surface area contributed by atoms with Gasteiger partial charge in [0, 0.05) is 10.0 Å². The maximum Gasteiger partial charge on any atom is 0.174 e. The summed E-state index contributed by atoms with van der Waals surface area (Å²) in [6, 6.07) is 8.02. The molecule has 2 rings (SSSR count). The molecule has 0 saturated heterocycles. The van der Waals surface area contributed by atoms with Gasteiger partial charge in [0.15, 0.2) is 4.73 Å². The number of aromatic amines is 1. The van der Waals surface area contributed by atoms with Crippen LogP contribution < -0.4 is 0 Å². The van der Waals surface area contributed by atoms with Crippen LogP contribution >= 0.6 is 31.9 Å². The summed E-state index contributed by atoms with van der Waals surface area (Å²) < 4.78 is 1.81. The summed E-state index contributed by atoms with van der Waals surface area (Å²) >= 11 is 6.75. The van der Waals surface area contributed by atoms with Crippen molar-refractivity contribution in [2.75, 3.05) is 0 Å². The SMILES string of the molecule is Brc1ncc(-c2ccccc2Br)[nH]1. The Labute approximate surface area is 92.7 Å². The smallest absolute Gasteiger partial charge is 0.174 e. The Morgan fingerprint density at radius 2 is 1.92 bits per heavy atom. The van der Waals surface area contributed by atoms with Crippen molar-refractivity contribution in [3.8, 4) is 11.3 Å². The lowest BCUT2D eigenvalue weighted by Crippen LogP contribution is -1.78. The predicted molar refractivity (Wildman–Crippen MR) is 59.4 cm³/mol. The van der Waals surface area contributed by atoms with Crippen molar-refractivity contribution in [1.82, 2.24) is 9.97 Å². The molecule has 4 heteroatoms. The first-order valence-corrected chi connectivity index (χ1v) is 5.31. The van der Waals surface area contributed by atoms with E-state index < -0.39 is 0 Å². The largest absolute Gasteiger partial charge is 0.332 e. The molecule has 0 unspecified atom stereocenters.